The molecule has 40 heavy (non-hydrogen) atoms. The Morgan fingerprint density at radius 3 is 2.48 bits per heavy atom. The Bertz CT molecular complexity index is 1380. The van der Waals surface area contributed by atoms with Crippen LogP contribution in [-0.2, 0) is 10.4 Å². The van der Waals surface area contributed by atoms with E-state index in [0.717, 1.165) is 6.20 Å². The number of carbonyl (C=O) groups is 2. The summed E-state index contributed by atoms with van der Waals surface area (Å²) in [5.74, 6) is -0.998. The minimum absolute atomic E-state index is 0.102. The Balaban J connectivity index is 1.23. The van der Waals surface area contributed by atoms with Gasteiger partial charge in [0.05, 0.1) is 22.4 Å². The summed E-state index contributed by atoms with van der Waals surface area (Å²) in [6.45, 7) is 0.383. The van der Waals surface area contributed by atoms with Crippen LogP contribution in [0.2, 0.25) is 5.02 Å². The first kappa shape index (κ1) is 28.1. The number of rotatable bonds is 8. The number of carbonyl (C=O) groups excluding carboxylic acids is 2. The van der Waals surface area contributed by atoms with Crippen LogP contribution in [0.15, 0.2) is 66.9 Å². The van der Waals surface area contributed by atoms with Crippen LogP contribution in [0.1, 0.15) is 71.8 Å². The summed E-state index contributed by atoms with van der Waals surface area (Å²) in [6.07, 6.45) is -0.406. The molecule has 0 radical (unpaired) electrons. The SMILES string of the molecule is O=C(NC1CCC(CN2C(=O)[C@@](O)(C[C@@H](O)c3ccccc3)c3ccccc32)CC1)c1cc(Cl)cnc1C(F)F. The molecule has 0 spiro atoms. The Hall–Kier alpha value is -3.40. The number of aliphatic hydroxyl groups is 2. The smallest absolute Gasteiger partial charge is 0.281 e. The molecule has 1 aromatic heterocycles. The van der Waals surface area contributed by atoms with E-state index in [1.54, 1.807) is 47.4 Å². The van der Waals surface area contributed by atoms with E-state index < -0.39 is 35.6 Å². The number of hydrogen-bond donors (Lipinski definition) is 3. The number of fused-ring (bicyclic) bond motifs is 1. The molecule has 2 aliphatic rings. The van der Waals surface area contributed by atoms with Crippen LogP contribution in [0.5, 0.6) is 0 Å². The van der Waals surface area contributed by atoms with Crippen LogP contribution in [0.3, 0.4) is 0 Å². The van der Waals surface area contributed by atoms with E-state index >= 15 is 0 Å². The Morgan fingerprint density at radius 1 is 1.10 bits per heavy atom. The number of nitrogens with zero attached hydrogens (tertiary/aromatic N) is 2. The van der Waals surface area contributed by atoms with Crippen LogP contribution in [0.25, 0.3) is 0 Å². The zero-order chi connectivity index (χ0) is 28.4. The number of benzene rings is 2. The summed E-state index contributed by atoms with van der Waals surface area (Å²) in [6, 6.07) is 17.0. The van der Waals surface area contributed by atoms with Crippen molar-refractivity contribution in [2.75, 3.05) is 11.4 Å². The minimum Gasteiger partial charge on any atom is -0.388 e. The molecule has 3 N–H and O–H groups in total. The molecular formula is C30H30ClF2N3O4. The van der Waals surface area contributed by atoms with Gasteiger partial charge in [0.1, 0.15) is 5.69 Å². The highest BCUT2D eigenvalue weighted by Crippen LogP contribution is 2.45. The molecule has 2 atom stereocenters. The molecule has 1 fully saturated rings. The first-order valence-electron chi connectivity index (χ1n) is 13.3. The van der Waals surface area contributed by atoms with Crippen LogP contribution in [0, 0.1) is 5.92 Å². The molecule has 1 aliphatic heterocycles. The molecular weight excluding hydrogens is 540 g/mol. The van der Waals surface area contributed by atoms with Gasteiger partial charge in [-0.15, -0.1) is 0 Å². The summed E-state index contributed by atoms with van der Waals surface area (Å²) in [5.41, 5.74) is -0.980. The second-order valence-corrected chi connectivity index (χ2v) is 10.9. The fraction of sp³-hybridized carbons (Fsp3) is 0.367. The fourth-order valence-electron chi connectivity index (χ4n) is 5.77. The third-order valence-electron chi connectivity index (χ3n) is 7.87. The molecule has 1 aliphatic carbocycles. The van der Waals surface area contributed by atoms with Gasteiger partial charge in [0, 0.05) is 30.8 Å². The van der Waals surface area contributed by atoms with E-state index in [9.17, 15) is 28.6 Å². The largest absolute Gasteiger partial charge is 0.388 e. The molecule has 1 saturated carbocycles. The number of hydrogen-bond acceptors (Lipinski definition) is 5. The maximum absolute atomic E-state index is 13.6. The third-order valence-corrected chi connectivity index (χ3v) is 8.08. The topological polar surface area (TPSA) is 103 Å². The van der Waals surface area contributed by atoms with Gasteiger partial charge in [-0.3, -0.25) is 14.6 Å². The average Bonchev–Trinajstić information content (AvgIpc) is 3.16. The number of alkyl halides is 2. The van der Waals surface area contributed by atoms with E-state index in [-0.39, 0.29) is 29.0 Å². The normalized spacial score (nSPS) is 23.2. The summed E-state index contributed by atoms with van der Waals surface area (Å²) < 4.78 is 26.7. The van der Waals surface area contributed by atoms with Crippen molar-refractivity contribution in [2.45, 2.75) is 56.3 Å². The lowest BCUT2D eigenvalue weighted by Gasteiger charge is -2.32. The number of aromatic nitrogens is 1. The van der Waals surface area contributed by atoms with Crippen molar-refractivity contribution in [3.8, 4) is 0 Å². The van der Waals surface area contributed by atoms with Crippen molar-refractivity contribution in [3.05, 3.63) is 94.3 Å². The highest BCUT2D eigenvalue weighted by Gasteiger charge is 2.51. The number of para-hydroxylation sites is 1. The molecule has 210 valence electrons. The summed E-state index contributed by atoms with van der Waals surface area (Å²) >= 11 is 5.88. The van der Waals surface area contributed by atoms with Crippen LogP contribution in [-0.4, -0.2) is 39.6 Å². The number of aliphatic hydroxyl groups excluding tert-OH is 1. The molecule has 2 aromatic carbocycles. The van der Waals surface area contributed by atoms with Crippen molar-refractivity contribution in [1.82, 2.24) is 10.3 Å². The molecule has 7 nitrogen and oxygen atoms in total. The Labute approximate surface area is 235 Å². The lowest BCUT2D eigenvalue weighted by molar-refractivity contribution is -0.139. The van der Waals surface area contributed by atoms with Crippen molar-refractivity contribution in [3.63, 3.8) is 0 Å². The van der Waals surface area contributed by atoms with E-state index in [1.807, 2.05) is 12.1 Å². The van der Waals surface area contributed by atoms with E-state index in [4.69, 9.17) is 11.6 Å². The zero-order valence-electron chi connectivity index (χ0n) is 21.6. The standard InChI is InChI=1S/C30H30ClF2N3O4/c31-20-14-22(26(27(32)33)34-16-20)28(38)35-21-12-10-18(11-13-21)17-36-24-9-5-4-8-23(24)30(40,29(36)39)15-25(37)19-6-2-1-3-7-19/h1-9,14,16,18,21,25,27,37,40H,10-13,15,17H2,(H,35,38)/t18?,21?,25-,30-/m1/s1. The van der Waals surface area contributed by atoms with Crippen molar-refractivity contribution >= 4 is 29.1 Å². The van der Waals surface area contributed by atoms with Gasteiger partial charge >= 0.3 is 0 Å². The van der Waals surface area contributed by atoms with E-state index in [0.29, 0.717) is 49.0 Å². The molecule has 10 heteroatoms. The first-order valence-corrected chi connectivity index (χ1v) is 13.7. The number of pyridine rings is 1. The van der Waals surface area contributed by atoms with Gasteiger partial charge in [-0.05, 0) is 49.3 Å². The van der Waals surface area contributed by atoms with Gasteiger partial charge < -0.3 is 20.4 Å². The Morgan fingerprint density at radius 2 is 1.77 bits per heavy atom. The Kier molecular flexibility index (Phi) is 8.16. The van der Waals surface area contributed by atoms with Crippen LogP contribution < -0.4 is 10.2 Å². The summed E-state index contributed by atoms with van der Waals surface area (Å²) in [5, 5.41) is 25.4. The van der Waals surface area contributed by atoms with E-state index in [1.165, 1.54) is 6.07 Å². The predicted molar refractivity (Wildman–Crippen MR) is 146 cm³/mol. The van der Waals surface area contributed by atoms with Crippen LogP contribution >= 0.6 is 11.6 Å². The lowest BCUT2D eigenvalue weighted by atomic mass is 9.85. The van der Waals surface area contributed by atoms with Crippen molar-refractivity contribution in [2.24, 2.45) is 5.92 Å². The summed E-state index contributed by atoms with van der Waals surface area (Å²) in [4.78, 5) is 31.6. The monoisotopic (exact) mass is 569 g/mol. The highest BCUT2D eigenvalue weighted by molar-refractivity contribution is 6.30. The number of amides is 2. The van der Waals surface area contributed by atoms with Crippen molar-refractivity contribution < 1.29 is 28.6 Å². The molecule has 0 unspecified atom stereocenters. The number of anilines is 1. The van der Waals surface area contributed by atoms with Gasteiger partial charge in [0.15, 0.2) is 5.60 Å². The van der Waals surface area contributed by atoms with Crippen molar-refractivity contribution in [1.29, 1.82) is 0 Å². The highest BCUT2D eigenvalue weighted by atomic mass is 35.5. The third kappa shape index (κ3) is 5.59. The molecule has 0 saturated heterocycles. The fourth-order valence-corrected chi connectivity index (χ4v) is 5.93. The molecule has 3 aromatic rings. The lowest BCUT2D eigenvalue weighted by Crippen LogP contribution is -2.44. The van der Waals surface area contributed by atoms with Gasteiger partial charge in [0.25, 0.3) is 18.2 Å². The predicted octanol–water partition coefficient (Wildman–Crippen LogP) is 5.32. The average molecular weight is 570 g/mol. The van der Waals surface area contributed by atoms with Gasteiger partial charge in [-0.2, -0.15) is 0 Å². The van der Waals surface area contributed by atoms with Gasteiger partial charge in [0.2, 0.25) is 0 Å². The minimum atomic E-state index is -2.90. The zero-order valence-corrected chi connectivity index (χ0v) is 22.4. The number of halogens is 3. The molecule has 5 rings (SSSR count). The maximum atomic E-state index is 13.6. The molecule has 2 amide bonds. The second-order valence-electron chi connectivity index (χ2n) is 10.5. The van der Waals surface area contributed by atoms with E-state index in [2.05, 4.69) is 10.3 Å². The van der Waals surface area contributed by atoms with Gasteiger partial charge in [-0.25, -0.2) is 8.78 Å². The quantitative estimate of drug-likeness (QED) is 0.341. The van der Waals surface area contributed by atoms with Gasteiger partial charge in [-0.1, -0.05) is 60.1 Å². The maximum Gasteiger partial charge on any atom is 0.281 e. The van der Waals surface area contributed by atoms with Crippen LogP contribution in [0.4, 0.5) is 14.5 Å². The summed E-state index contributed by atoms with van der Waals surface area (Å²) in [7, 11) is 0. The molecule has 2 heterocycles. The first-order chi connectivity index (χ1) is 19.2. The second kappa shape index (κ2) is 11.6. The number of nitrogens with one attached hydrogen (secondary N) is 1. The molecule has 0 bridgehead atoms.